The topological polar surface area (TPSA) is 129 Å². The molecule has 662 valence electrons. The average molecular weight is 1840 g/mol. The van der Waals surface area contributed by atoms with Gasteiger partial charge in [0.25, 0.3) is 0 Å². The molecule has 0 atom stereocenters. The van der Waals surface area contributed by atoms with Crippen LogP contribution < -0.4 is 0 Å². The predicted molar refractivity (Wildman–Crippen MR) is 585 cm³/mol. The van der Waals surface area contributed by atoms with Crippen molar-refractivity contribution in [3.63, 3.8) is 0 Å². The maximum absolute atomic E-state index is 6.30. The van der Waals surface area contributed by atoms with Crippen LogP contribution in [0.25, 0.3) is 254 Å². The number of benzene rings is 20. The van der Waals surface area contributed by atoms with Crippen LogP contribution in [0.1, 0.15) is 0 Å². The maximum Gasteiger partial charge on any atom is 0.164 e. The number of rotatable bonds is 17. The molecular formula is C129H83N9OS2. The number of thiophene rings is 2. The van der Waals surface area contributed by atoms with Crippen molar-refractivity contribution in [1.29, 1.82) is 0 Å². The van der Waals surface area contributed by atoms with Crippen LogP contribution in [0, 0.1) is 0 Å². The number of furan rings is 1. The van der Waals surface area contributed by atoms with E-state index in [0.29, 0.717) is 52.4 Å². The Morgan fingerprint density at radius 1 is 0.113 bits per heavy atom. The molecule has 26 rings (SSSR count). The molecule has 12 heteroatoms. The summed E-state index contributed by atoms with van der Waals surface area (Å²) >= 11 is 3.60. The highest BCUT2D eigenvalue weighted by Crippen LogP contribution is 2.44. The molecule has 0 aliphatic heterocycles. The summed E-state index contributed by atoms with van der Waals surface area (Å²) in [5.41, 5.74) is 28.2. The predicted octanol–water partition coefficient (Wildman–Crippen LogP) is 34.6. The molecule has 141 heavy (non-hydrogen) atoms. The van der Waals surface area contributed by atoms with E-state index in [4.69, 9.17) is 49.3 Å². The van der Waals surface area contributed by atoms with Crippen LogP contribution in [0.5, 0.6) is 0 Å². The summed E-state index contributed by atoms with van der Waals surface area (Å²) in [6.07, 6.45) is 0. The summed E-state index contributed by atoms with van der Waals surface area (Å²) in [5.74, 6) is 5.71. The minimum Gasteiger partial charge on any atom is -0.456 e. The molecule has 0 aliphatic rings. The molecule has 0 saturated carbocycles. The Balaban J connectivity index is 0.000000116. The van der Waals surface area contributed by atoms with Gasteiger partial charge < -0.3 is 4.42 Å². The average Bonchev–Trinajstić information content (AvgIpc) is 1.05. The zero-order valence-electron chi connectivity index (χ0n) is 76.2. The van der Waals surface area contributed by atoms with E-state index in [1.807, 2.05) is 121 Å². The first kappa shape index (κ1) is 85.6. The lowest BCUT2D eigenvalue weighted by molar-refractivity contribution is 0.669. The summed E-state index contributed by atoms with van der Waals surface area (Å²) < 4.78 is 11.3. The first-order chi connectivity index (χ1) is 69.8. The summed E-state index contributed by atoms with van der Waals surface area (Å²) in [4.78, 5) is 45.7. The first-order valence-corrected chi connectivity index (χ1v) is 48.6. The van der Waals surface area contributed by atoms with Crippen LogP contribution in [0.15, 0.2) is 508 Å². The molecule has 0 bridgehead atoms. The molecule has 0 spiro atoms. The Hall–Kier alpha value is -18.3. The van der Waals surface area contributed by atoms with Crippen molar-refractivity contribution < 1.29 is 4.42 Å². The van der Waals surface area contributed by atoms with Gasteiger partial charge in [-0.1, -0.05) is 406 Å². The SMILES string of the molecule is c1ccc(-c2cc(-c3ccccc3)cc(-c3nc(-c4ccccc4)nc(-c4ccc5c(c4)sc4ccccc45)n3)c2)cc1.c1ccc(-c2ccc(-c3cc(-c4ccccc4)cc(-c4nc(-c5cccc(-c6ccccc6)c5)nc(-c5ccc6c(c5)oc5ccccc56)n4)c3)cc2)cc1.c1ccc(-c2cccc(-c3cccc(-c4nc(-c5ccccc5)nc(-c5ccc6c(c5)sc5ccccc56)n4)c3)c2)cc1. The third-order valence-corrected chi connectivity index (χ3v) is 27.8. The van der Waals surface area contributed by atoms with E-state index >= 15 is 0 Å². The van der Waals surface area contributed by atoms with Gasteiger partial charge in [-0.25, -0.2) is 44.9 Å². The van der Waals surface area contributed by atoms with Crippen molar-refractivity contribution in [2.45, 2.75) is 0 Å². The number of fused-ring (bicyclic) bond motifs is 9. The Morgan fingerprint density at radius 2 is 0.312 bits per heavy atom. The third-order valence-electron chi connectivity index (χ3n) is 25.6. The van der Waals surface area contributed by atoms with E-state index < -0.39 is 0 Å². The van der Waals surface area contributed by atoms with Crippen LogP contribution in [0.3, 0.4) is 0 Å². The Labute approximate surface area is 823 Å². The van der Waals surface area contributed by atoms with Crippen molar-refractivity contribution in [3.05, 3.63) is 504 Å². The summed E-state index contributed by atoms with van der Waals surface area (Å²) in [6.45, 7) is 0. The van der Waals surface area contributed by atoms with Crippen molar-refractivity contribution >= 4 is 85.0 Å². The van der Waals surface area contributed by atoms with Crippen LogP contribution in [0.2, 0.25) is 0 Å². The molecule has 20 aromatic carbocycles. The van der Waals surface area contributed by atoms with Gasteiger partial charge >= 0.3 is 0 Å². The van der Waals surface area contributed by atoms with Crippen molar-refractivity contribution in [3.8, 4) is 192 Å². The smallest absolute Gasteiger partial charge is 0.164 e. The first-order valence-electron chi connectivity index (χ1n) is 47.0. The molecule has 0 fully saturated rings. The number of nitrogens with zero attached hydrogens (tertiary/aromatic N) is 9. The standard InChI is InChI=1S/C51H33N3O.2C39H25N3S/c1-4-13-34(14-5-1)37-23-25-38(26-24-37)43-30-42(36-17-8-3-9-18-36)31-44(32-43)51-53-49(40-20-12-19-39(29-40)35-15-6-2-7-16-35)52-50(54-51)41-27-28-46-45-21-10-11-22-47(45)55-48(46)33-41;1-4-12-26(13-5-1)30-22-31(27-14-6-2-7-15-27)24-32(23-30)39-41-37(28-16-8-3-9-17-28)40-38(42-39)29-20-21-34-33-18-10-11-19-35(33)43-36(34)25-29;1-3-11-26(12-4-1)28-15-9-16-29(23-28)30-17-10-18-31(24-30)38-40-37(27-13-5-2-6-14-27)41-39(42-38)32-21-22-34-33-19-7-8-20-35(33)43-36(34)25-32/h1-33H;2*1-25H. The van der Waals surface area contributed by atoms with Crippen LogP contribution in [-0.4, -0.2) is 44.9 Å². The number of para-hydroxylation sites is 1. The van der Waals surface area contributed by atoms with Gasteiger partial charge in [-0.15, -0.1) is 22.7 Å². The molecule has 0 unspecified atom stereocenters. The second-order valence-electron chi connectivity index (χ2n) is 34.7. The summed E-state index contributed by atoms with van der Waals surface area (Å²) in [7, 11) is 0. The van der Waals surface area contributed by atoms with E-state index in [2.05, 4.69) is 382 Å². The van der Waals surface area contributed by atoms with Gasteiger partial charge in [0.15, 0.2) is 52.4 Å². The van der Waals surface area contributed by atoms with Gasteiger partial charge in [-0.05, 0) is 186 Å². The van der Waals surface area contributed by atoms with Gasteiger partial charge in [0, 0.05) is 101 Å². The molecule has 0 radical (unpaired) electrons. The monoisotopic (exact) mass is 1840 g/mol. The molecule has 0 aliphatic carbocycles. The van der Waals surface area contributed by atoms with E-state index in [9.17, 15) is 0 Å². The number of hydrogen-bond acceptors (Lipinski definition) is 12. The highest BCUT2D eigenvalue weighted by atomic mass is 32.1. The van der Waals surface area contributed by atoms with Gasteiger partial charge in [0.05, 0.1) is 0 Å². The minimum absolute atomic E-state index is 0.575. The van der Waals surface area contributed by atoms with Gasteiger partial charge in [-0.3, -0.25) is 0 Å². The Kier molecular flexibility index (Phi) is 23.3. The van der Waals surface area contributed by atoms with Crippen molar-refractivity contribution in [2.24, 2.45) is 0 Å². The lowest BCUT2D eigenvalue weighted by Crippen LogP contribution is -2.01. The highest BCUT2D eigenvalue weighted by molar-refractivity contribution is 7.26. The Bertz CT molecular complexity index is 9030. The molecule has 10 nitrogen and oxygen atoms in total. The number of hydrogen-bond donors (Lipinski definition) is 0. The molecule has 0 amide bonds. The fourth-order valence-corrected chi connectivity index (χ4v) is 20.7. The largest absolute Gasteiger partial charge is 0.456 e. The van der Waals surface area contributed by atoms with Crippen molar-refractivity contribution in [1.82, 2.24) is 44.9 Å². The second-order valence-corrected chi connectivity index (χ2v) is 36.9. The lowest BCUT2D eigenvalue weighted by atomic mass is 9.94. The van der Waals surface area contributed by atoms with Gasteiger partial charge in [0.2, 0.25) is 0 Å². The normalized spacial score (nSPS) is 11.3. The zero-order chi connectivity index (χ0) is 93.7. The van der Waals surface area contributed by atoms with Crippen LogP contribution in [0.4, 0.5) is 0 Å². The van der Waals surface area contributed by atoms with E-state index in [0.717, 1.165) is 139 Å². The molecular weight excluding hydrogens is 1760 g/mol. The fraction of sp³-hybridized carbons (Fsp3) is 0. The highest BCUT2D eigenvalue weighted by Gasteiger charge is 2.23. The summed E-state index contributed by atoms with van der Waals surface area (Å²) in [6, 6.07) is 175. The Morgan fingerprint density at radius 3 is 0.674 bits per heavy atom. The quantitative estimate of drug-likeness (QED) is 0.0869. The van der Waals surface area contributed by atoms with Gasteiger partial charge in [0.1, 0.15) is 11.2 Å². The number of aromatic nitrogens is 9. The third kappa shape index (κ3) is 18.2. The zero-order valence-corrected chi connectivity index (χ0v) is 77.8. The maximum atomic E-state index is 6.30. The van der Waals surface area contributed by atoms with Crippen LogP contribution in [-0.2, 0) is 0 Å². The minimum atomic E-state index is 0.575. The van der Waals surface area contributed by atoms with E-state index in [-0.39, 0.29) is 0 Å². The molecule has 0 N–H and O–H groups in total. The molecule has 26 aromatic rings. The van der Waals surface area contributed by atoms with Gasteiger partial charge in [-0.2, -0.15) is 0 Å². The molecule has 6 aromatic heterocycles. The fourth-order valence-electron chi connectivity index (χ4n) is 18.4. The molecule has 0 saturated heterocycles. The molecule has 6 heterocycles. The van der Waals surface area contributed by atoms with Crippen molar-refractivity contribution in [2.75, 3.05) is 0 Å². The summed E-state index contributed by atoms with van der Waals surface area (Å²) in [5, 5.41) is 7.21. The second kappa shape index (κ2) is 38.4. The van der Waals surface area contributed by atoms with Crippen LogP contribution >= 0.6 is 22.7 Å². The van der Waals surface area contributed by atoms with E-state index in [1.54, 1.807) is 22.7 Å². The van der Waals surface area contributed by atoms with E-state index in [1.165, 1.54) is 62.6 Å². The lowest BCUT2D eigenvalue weighted by Gasteiger charge is -2.13.